The third kappa shape index (κ3) is 0.902. The van der Waals surface area contributed by atoms with Gasteiger partial charge in [-0.25, -0.2) is 4.79 Å². The number of carboxylic acids is 1. The molecule has 0 aromatic carbocycles. The molecule has 1 aromatic heterocycles. The number of aromatic carboxylic acids is 1. The van der Waals surface area contributed by atoms with E-state index in [0.29, 0.717) is 18.7 Å². The lowest BCUT2D eigenvalue weighted by molar-refractivity contribution is 0.0648. The Balaban J connectivity index is 2.43. The third-order valence-electron chi connectivity index (χ3n) is 1.91. The molecule has 12 heavy (non-hydrogen) atoms. The van der Waals surface area contributed by atoms with Crippen LogP contribution in [0.15, 0.2) is 4.52 Å². The van der Waals surface area contributed by atoms with E-state index in [1.807, 2.05) is 11.9 Å². The molecule has 1 N–H and O–H groups in total. The van der Waals surface area contributed by atoms with E-state index in [1.54, 1.807) is 0 Å². The van der Waals surface area contributed by atoms with Crippen molar-refractivity contribution >= 4 is 5.97 Å². The summed E-state index contributed by atoms with van der Waals surface area (Å²) in [4.78, 5) is 12.6. The van der Waals surface area contributed by atoms with Gasteiger partial charge in [-0.3, -0.25) is 4.90 Å². The summed E-state index contributed by atoms with van der Waals surface area (Å²) in [6.07, 6.45) is 0. The Morgan fingerprint density at radius 3 is 3.08 bits per heavy atom. The van der Waals surface area contributed by atoms with Gasteiger partial charge in [0.05, 0.1) is 0 Å². The molecular formula is C7H8N2O3. The van der Waals surface area contributed by atoms with Gasteiger partial charge in [-0.15, -0.1) is 0 Å². The minimum atomic E-state index is -1.04. The van der Waals surface area contributed by atoms with Gasteiger partial charge in [0.1, 0.15) is 5.69 Å². The predicted octanol–water partition coefficient (Wildman–Crippen LogP) is 0.318. The molecule has 0 radical (unpaired) electrons. The lowest BCUT2D eigenvalue weighted by Crippen LogP contribution is -2.09. The van der Waals surface area contributed by atoms with Crippen molar-refractivity contribution in [1.29, 1.82) is 0 Å². The van der Waals surface area contributed by atoms with Crippen LogP contribution in [-0.2, 0) is 13.1 Å². The molecule has 0 bridgehead atoms. The number of hydrogen-bond acceptors (Lipinski definition) is 4. The number of nitrogens with zero attached hydrogens (tertiary/aromatic N) is 2. The summed E-state index contributed by atoms with van der Waals surface area (Å²) in [7, 11) is 1.91. The molecule has 64 valence electrons. The van der Waals surface area contributed by atoms with Gasteiger partial charge in [-0.2, -0.15) is 0 Å². The van der Waals surface area contributed by atoms with Gasteiger partial charge in [0.2, 0.25) is 5.76 Å². The van der Waals surface area contributed by atoms with E-state index in [1.165, 1.54) is 0 Å². The number of fused-ring (bicyclic) bond motifs is 1. The van der Waals surface area contributed by atoms with Crippen LogP contribution in [0, 0.1) is 0 Å². The molecule has 0 atom stereocenters. The van der Waals surface area contributed by atoms with E-state index in [4.69, 9.17) is 5.11 Å². The SMILES string of the molecule is CN1Cc2noc(C(=O)O)c2C1. The zero-order valence-electron chi connectivity index (χ0n) is 6.57. The highest BCUT2D eigenvalue weighted by atomic mass is 16.5. The smallest absolute Gasteiger partial charge is 0.375 e. The number of carboxylic acid groups (broad SMARTS) is 1. The molecule has 0 aliphatic carbocycles. The van der Waals surface area contributed by atoms with Gasteiger partial charge in [0.15, 0.2) is 0 Å². The highest BCUT2D eigenvalue weighted by molar-refractivity contribution is 5.86. The van der Waals surface area contributed by atoms with E-state index < -0.39 is 5.97 Å². The second kappa shape index (κ2) is 2.31. The molecule has 1 aliphatic rings. The van der Waals surface area contributed by atoms with Crippen LogP contribution >= 0.6 is 0 Å². The van der Waals surface area contributed by atoms with Crippen molar-refractivity contribution in [2.24, 2.45) is 0 Å². The minimum Gasteiger partial charge on any atom is -0.475 e. The highest BCUT2D eigenvalue weighted by Crippen LogP contribution is 2.23. The molecular weight excluding hydrogens is 160 g/mol. The second-order valence-electron chi connectivity index (χ2n) is 2.91. The van der Waals surface area contributed by atoms with Crippen molar-refractivity contribution in [3.63, 3.8) is 0 Å². The zero-order chi connectivity index (χ0) is 8.72. The van der Waals surface area contributed by atoms with Gasteiger partial charge in [-0.1, -0.05) is 5.16 Å². The van der Waals surface area contributed by atoms with Crippen molar-refractivity contribution in [1.82, 2.24) is 10.1 Å². The molecule has 0 saturated heterocycles. The summed E-state index contributed by atoms with van der Waals surface area (Å²) >= 11 is 0. The molecule has 2 rings (SSSR count). The number of carbonyl (C=O) groups is 1. The number of aromatic nitrogens is 1. The van der Waals surface area contributed by atoms with Gasteiger partial charge in [0.25, 0.3) is 0 Å². The van der Waals surface area contributed by atoms with Crippen molar-refractivity contribution in [3.05, 3.63) is 17.0 Å². The van der Waals surface area contributed by atoms with E-state index in [-0.39, 0.29) is 5.76 Å². The van der Waals surface area contributed by atoms with Crippen LogP contribution in [0.5, 0.6) is 0 Å². The first-order valence-corrected chi connectivity index (χ1v) is 3.57. The van der Waals surface area contributed by atoms with E-state index in [0.717, 1.165) is 5.69 Å². The Labute approximate surface area is 68.6 Å². The first kappa shape index (κ1) is 7.30. The first-order valence-electron chi connectivity index (χ1n) is 3.57. The molecule has 0 unspecified atom stereocenters. The minimum absolute atomic E-state index is 0.0191. The van der Waals surface area contributed by atoms with Crippen LogP contribution in [0.3, 0.4) is 0 Å². The largest absolute Gasteiger partial charge is 0.475 e. The van der Waals surface area contributed by atoms with Gasteiger partial charge in [-0.05, 0) is 7.05 Å². The zero-order valence-corrected chi connectivity index (χ0v) is 6.57. The molecule has 0 saturated carbocycles. The number of hydrogen-bond donors (Lipinski definition) is 1. The molecule has 5 heteroatoms. The number of rotatable bonds is 1. The Morgan fingerprint density at radius 2 is 2.42 bits per heavy atom. The summed E-state index contributed by atoms with van der Waals surface area (Å²) in [5, 5.41) is 12.3. The summed E-state index contributed by atoms with van der Waals surface area (Å²) in [6.45, 7) is 1.28. The van der Waals surface area contributed by atoms with E-state index in [9.17, 15) is 4.79 Å². The molecule has 0 amide bonds. The fourth-order valence-corrected chi connectivity index (χ4v) is 1.38. The fourth-order valence-electron chi connectivity index (χ4n) is 1.38. The Kier molecular flexibility index (Phi) is 1.41. The molecule has 0 fully saturated rings. The van der Waals surface area contributed by atoms with Crippen LogP contribution in [0.2, 0.25) is 0 Å². The van der Waals surface area contributed by atoms with Crippen molar-refractivity contribution in [2.45, 2.75) is 13.1 Å². The lowest BCUT2D eigenvalue weighted by atomic mass is 10.2. The first-order chi connectivity index (χ1) is 5.68. The quantitative estimate of drug-likeness (QED) is 0.654. The summed E-state index contributed by atoms with van der Waals surface area (Å²) in [5.41, 5.74) is 1.46. The Morgan fingerprint density at radius 1 is 1.67 bits per heavy atom. The lowest BCUT2D eigenvalue weighted by Gasteiger charge is -2.03. The normalized spacial score (nSPS) is 16.4. The fraction of sp³-hybridized carbons (Fsp3) is 0.429. The van der Waals surface area contributed by atoms with Gasteiger partial charge >= 0.3 is 5.97 Å². The Hall–Kier alpha value is -1.36. The highest BCUT2D eigenvalue weighted by Gasteiger charge is 2.27. The van der Waals surface area contributed by atoms with Gasteiger partial charge < -0.3 is 9.63 Å². The van der Waals surface area contributed by atoms with Crippen molar-refractivity contribution in [3.8, 4) is 0 Å². The predicted molar refractivity (Wildman–Crippen MR) is 38.6 cm³/mol. The van der Waals surface area contributed by atoms with E-state index >= 15 is 0 Å². The van der Waals surface area contributed by atoms with E-state index in [2.05, 4.69) is 9.68 Å². The average molecular weight is 168 g/mol. The standard InChI is InChI=1S/C7H8N2O3/c1-9-2-4-5(3-9)8-12-6(4)7(10)11/h2-3H2,1H3,(H,10,11). The Bertz CT molecular complexity index is 331. The summed E-state index contributed by atoms with van der Waals surface area (Å²) in [5.74, 6) is -1.06. The van der Waals surface area contributed by atoms with Crippen LogP contribution in [0.25, 0.3) is 0 Å². The third-order valence-corrected chi connectivity index (χ3v) is 1.91. The summed E-state index contributed by atoms with van der Waals surface area (Å²) in [6, 6.07) is 0. The maximum Gasteiger partial charge on any atom is 0.375 e. The summed E-state index contributed by atoms with van der Waals surface area (Å²) < 4.78 is 4.67. The topological polar surface area (TPSA) is 66.6 Å². The van der Waals surface area contributed by atoms with Gasteiger partial charge in [0, 0.05) is 18.7 Å². The van der Waals surface area contributed by atoms with Crippen molar-refractivity contribution in [2.75, 3.05) is 7.05 Å². The maximum absolute atomic E-state index is 10.6. The van der Waals surface area contributed by atoms with Crippen molar-refractivity contribution < 1.29 is 14.4 Å². The molecule has 5 nitrogen and oxygen atoms in total. The second-order valence-corrected chi connectivity index (χ2v) is 2.91. The molecule has 0 spiro atoms. The molecule has 1 aromatic rings. The molecule has 2 heterocycles. The monoisotopic (exact) mass is 168 g/mol. The maximum atomic E-state index is 10.6. The molecule has 1 aliphatic heterocycles. The van der Waals surface area contributed by atoms with Crippen LogP contribution in [0.4, 0.5) is 0 Å². The average Bonchev–Trinajstić information content (AvgIpc) is 2.43. The van der Waals surface area contributed by atoms with Crippen LogP contribution in [-0.4, -0.2) is 28.2 Å². The van der Waals surface area contributed by atoms with Crippen LogP contribution < -0.4 is 0 Å². The van der Waals surface area contributed by atoms with Crippen LogP contribution in [0.1, 0.15) is 21.8 Å².